The molecular weight excluding hydrogens is 246 g/mol. The predicted octanol–water partition coefficient (Wildman–Crippen LogP) is 2.68. The molecule has 0 aliphatic carbocycles. The van der Waals surface area contributed by atoms with Crippen molar-refractivity contribution in [1.82, 2.24) is 5.32 Å². The summed E-state index contributed by atoms with van der Waals surface area (Å²) in [4.78, 5) is 0. The summed E-state index contributed by atoms with van der Waals surface area (Å²) in [6.45, 7) is 7.52. The molecule has 0 fully saturated rings. The quantitative estimate of drug-likeness (QED) is 0.538. The van der Waals surface area contributed by atoms with Gasteiger partial charge in [-0.25, -0.2) is 0 Å². The van der Waals surface area contributed by atoms with Crippen LogP contribution in [-0.2, 0) is 4.74 Å². The molecule has 0 bridgehead atoms. The second kappa shape index (κ2) is 11.1. The molecule has 0 saturated carbocycles. The van der Waals surface area contributed by atoms with E-state index in [0.717, 1.165) is 32.3 Å². The van der Waals surface area contributed by atoms with Gasteiger partial charge in [-0.15, -0.1) is 0 Å². The fraction of sp³-hybridized carbons (Fsp3) is 1.00. The van der Waals surface area contributed by atoms with Gasteiger partial charge in [0.05, 0.1) is 6.61 Å². The largest absolute Gasteiger partial charge is 0.394 e. The smallest absolute Gasteiger partial charge is 0.0613 e. The lowest BCUT2D eigenvalue weighted by atomic mass is 9.91. The van der Waals surface area contributed by atoms with E-state index in [1.54, 1.807) is 7.11 Å². The zero-order valence-corrected chi connectivity index (χ0v) is 13.3. The Bertz CT molecular complexity index is 185. The normalized spacial score (nSPS) is 15.0. The molecule has 0 heterocycles. The van der Waals surface area contributed by atoms with E-state index in [-0.39, 0.29) is 12.1 Å². The Labute approximate surface area is 117 Å². The number of aliphatic hydroxyl groups excluding tert-OH is 1. The van der Waals surface area contributed by atoms with Crippen LogP contribution in [0.1, 0.15) is 46.5 Å². The lowest BCUT2D eigenvalue weighted by Crippen LogP contribution is -2.51. The summed E-state index contributed by atoms with van der Waals surface area (Å²) in [6.07, 6.45) is 4.32. The Balaban J connectivity index is 3.76. The number of thioether (sulfide) groups is 1. The highest BCUT2D eigenvalue weighted by Crippen LogP contribution is 2.20. The molecule has 0 amide bonds. The van der Waals surface area contributed by atoms with Crippen LogP contribution in [0.25, 0.3) is 0 Å². The molecule has 0 spiro atoms. The Kier molecular flexibility index (Phi) is 11.2. The molecule has 0 aromatic rings. The fourth-order valence-corrected chi connectivity index (χ4v) is 2.99. The molecular formula is C14H31NO2S. The maximum atomic E-state index is 9.61. The third-order valence-corrected chi connectivity index (χ3v) is 4.31. The third kappa shape index (κ3) is 8.35. The molecule has 18 heavy (non-hydrogen) atoms. The minimum absolute atomic E-state index is 0.0821. The lowest BCUT2D eigenvalue weighted by Gasteiger charge is -2.34. The molecule has 0 saturated heterocycles. The molecule has 0 radical (unpaired) electrons. The summed E-state index contributed by atoms with van der Waals surface area (Å²) < 4.78 is 5.02. The molecule has 0 aliphatic heterocycles. The summed E-state index contributed by atoms with van der Waals surface area (Å²) in [5.41, 5.74) is -0.0821. The van der Waals surface area contributed by atoms with Crippen LogP contribution in [-0.4, -0.2) is 48.5 Å². The van der Waals surface area contributed by atoms with Gasteiger partial charge in [0.1, 0.15) is 0 Å². The zero-order chi connectivity index (χ0) is 13.9. The van der Waals surface area contributed by atoms with Crippen molar-refractivity contribution in [1.29, 1.82) is 0 Å². The summed E-state index contributed by atoms with van der Waals surface area (Å²) in [6, 6.07) is 0.423. The van der Waals surface area contributed by atoms with E-state index in [1.165, 1.54) is 11.5 Å². The van der Waals surface area contributed by atoms with E-state index in [1.807, 2.05) is 11.8 Å². The number of hydrogen-bond donors (Lipinski definition) is 2. The van der Waals surface area contributed by atoms with Crippen LogP contribution in [0.15, 0.2) is 0 Å². The first-order chi connectivity index (χ1) is 8.60. The van der Waals surface area contributed by atoms with E-state index >= 15 is 0 Å². The molecule has 0 aliphatic rings. The standard InChI is InChI=1S/C14H31NO2S/c1-5-14(12-16,15-13(2)3)8-6-10-18-11-7-9-17-4/h13,15-16H,5-12H2,1-4H3. The van der Waals surface area contributed by atoms with E-state index < -0.39 is 0 Å². The van der Waals surface area contributed by atoms with Crippen molar-refractivity contribution >= 4 is 11.8 Å². The topological polar surface area (TPSA) is 41.5 Å². The van der Waals surface area contributed by atoms with Crippen LogP contribution in [0.2, 0.25) is 0 Å². The summed E-state index contributed by atoms with van der Waals surface area (Å²) in [5, 5.41) is 13.1. The van der Waals surface area contributed by atoms with Crippen molar-refractivity contribution in [3.8, 4) is 0 Å². The Hall–Kier alpha value is 0.230. The van der Waals surface area contributed by atoms with Gasteiger partial charge in [-0.1, -0.05) is 20.8 Å². The van der Waals surface area contributed by atoms with Gasteiger partial charge in [-0.2, -0.15) is 11.8 Å². The van der Waals surface area contributed by atoms with Gasteiger partial charge in [0, 0.05) is 25.3 Å². The highest BCUT2D eigenvalue weighted by Gasteiger charge is 2.26. The Morgan fingerprint density at radius 3 is 2.44 bits per heavy atom. The molecule has 0 rings (SSSR count). The average molecular weight is 277 g/mol. The van der Waals surface area contributed by atoms with Crippen molar-refractivity contribution in [3.05, 3.63) is 0 Å². The monoisotopic (exact) mass is 277 g/mol. The van der Waals surface area contributed by atoms with Gasteiger partial charge < -0.3 is 15.2 Å². The highest BCUT2D eigenvalue weighted by atomic mass is 32.2. The van der Waals surface area contributed by atoms with Crippen LogP contribution >= 0.6 is 11.8 Å². The number of ether oxygens (including phenoxy) is 1. The number of rotatable bonds is 12. The molecule has 4 heteroatoms. The Morgan fingerprint density at radius 2 is 1.94 bits per heavy atom. The molecule has 1 atom stereocenters. The van der Waals surface area contributed by atoms with Crippen LogP contribution in [0.5, 0.6) is 0 Å². The minimum Gasteiger partial charge on any atom is -0.394 e. The van der Waals surface area contributed by atoms with Gasteiger partial charge in [-0.05, 0) is 37.2 Å². The summed E-state index contributed by atoms with van der Waals surface area (Å²) in [5.74, 6) is 2.34. The molecule has 110 valence electrons. The number of nitrogens with one attached hydrogen (secondary N) is 1. The van der Waals surface area contributed by atoms with E-state index in [2.05, 4.69) is 26.1 Å². The maximum Gasteiger partial charge on any atom is 0.0613 e. The number of aliphatic hydroxyl groups is 1. The summed E-state index contributed by atoms with van der Waals surface area (Å²) in [7, 11) is 1.75. The van der Waals surface area contributed by atoms with Crippen LogP contribution in [0.4, 0.5) is 0 Å². The third-order valence-electron chi connectivity index (χ3n) is 3.16. The first-order valence-electron chi connectivity index (χ1n) is 7.05. The van der Waals surface area contributed by atoms with Gasteiger partial charge in [0.2, 0.25) is 0 Å². The van der Waals surface area contributed by atoms with Crippen molar-refractivity contribution < 1.29 is 9.84 Å². The van der Waals surface area contributed by atoms with Gasteiger partial charge in [0.15, 0.2) is 0 Å². The average Bonchev–Trinajstić information content (AvgIpc) is 2.36. The first kappa shape index (κ1) is 18.2. The fourth-order valence-electron chi connectivity index (χ4n) is 2.12. The van der Waals surface area contributed by atoms with Crippen LogP contribution in [0.3, 0.4) is 0 Å². The first-order valence-corrected chi connectivity index (χ1v) is 8.21. The summed E-state index contributed by atoms with van der Waals surface area (Å²) >= 11 is 1.98. The molecule has 1 unspecified atom stereocenters. The van der Waals surface area contributed by atoms with E-state index in [9.17, 15) is 5.11 Å². The molecule has 2 N–H and O–H groups in total. The molecule has 0 aromatic heterocycles. The second-order valence-electron chi connectivity index (χ2n) is 5.15. The van der Waals surface area contributed by atoms with Crippen LogP contribution < -0.4 is 5.32 Å². The van der Waals surface area contributed by atoms with Crippen LogP contribution in [0, 0.1) is 0 Å². The van der Waals surface area contributed by atoms with Crippen molar-refractivity contribution in [3.63, 3.8) is 0 Å². The van der Waals surface area contributed by atoms with E-state index in [0.29, 0.717) is 6.04 Å². The SMILES string of the molecule is CCC(CO)(CCCSCCCOC)NC(C)C. The number of methoxy groups -OCH3 is 1. The second-order valence-corrected chi connectivity index (χ2v) is 6.38. The van der Waals surface area contributed by atoms with Gasteiger partial charge in [0.25, 0.3) is 0 Å². The Morgan fingerprint density at radius 1 is 1.28 bits per heavy atom. The van der Waals surface area contributed by atoms with E-state index in [4.69, 9.17) is 4.74 Å². The highest BCUT2D eigenvalue weighted by molar-refractivity contribution is 7.99. The predicted molar refractivity (Wildman–Crippen MR) is 81.4 cm³/mol. The number of hydrogen-bond acceptors (Lipinski definition) is 4. The minimum atomic E-state index is -0.0821. The van der Waals surface area contributed by atoms with Gasteiger partial charge >= 0.3 is 0 Å². The van der Waals surface area contributed by atoms with Crippen molar-refractivity contribution in [2.24, 2.45) is 0 Å². The van der Waals surface area contributed by atoms with Crippen molar-refractivity contribution in [2.45, 2.75) is 58.0 Å². The van der Waals surface area contributed by atoms with Crippen molar-refractivity contribution in [2.75, 3.05) is 31.8 Å². The lowest BCUT2D eigenvalue weighted by molar-refractivity contribution is 0.137. The molecule has 0 aromatic carbocycles. The van der Waals surface area contributed by atoms with Gasteiger partial charge in [-0.3, -0.25) is 0 Å². The maximum absolute atomic E-state index is 9.61. The zero-order valence-electron chi connectivity index (χ0n) is 12.5. The molecule has 3 nitrogen and oxygen atoms in total.